The number of carbonyl (C=O) groups excluding carboxylic acids is 4. The average Bonchev–Trinajstić information content (AvgIpc) is 3.84. The third kappa shape index (κ3) is 10.7. The number of hydrogen-bond donors (Lipinski definition) is 5. The van der Waals surface area contributed by atoms with E-state index in [2.05, 4.69) is 25.8 Å². The van der Waals surface area contributed by atoms with Crippen LogP contribution in [0.15, 0.2) is 124 Å². The summed E-state index contributed by atoms with van der Waals surface area (Å²) in [6.45, 7) is 2.27. The third-order valence-corrected chi connectivity index (χ3v) is 13.0. The molecule has 1 saturated heterocycles. The topological polar surface area (TPSA) is 224 Å². The molecule has 1 unspecified atom stereocenters. The number of hydrogen-bond acceptors (Lipinski definition) is 8. The number of carbonyl (C=O) groups is 4. The van der Waals surface area contributed by atoms with Crippen LogP contribution in [0.25, 0.3) is 11.4 Å². The number of nitrogens with two attached hydrogens (primary N) is 2. The maximum Gasteiger partial charge on any atom is 0.352 e. The number of fused-ring (bicyclic) bond motifs is 2. The molecule has 7 N–H and O–H groups in total. The molecule has 0 radical (unpaired) electrons. The first-order valence-electron chi connectivity index (χ1n) is 22.7. The summed E-state index contributed by atoms with van der Waals surface area (Å²) in [5.74, 6) is -1.06. The van der Waals surface area contributed by atoms with Gasteiger partial charge in [-0.3, -0.25) is 29.1 Å². The SMILES string of the molecule is C.NC(N)=NCCC[C@H](NC(=O)CC1(CC(=O)N2CCN(C3c4ccccc4NC(=O)c4ccccc43)CC2)CCCC1)C(=O)NCCn1c(=O)n(-c2ccccc2)n(-c2ccccc2)c1=O. The van der Waals surface area contributed by atoms with Crippen molar-refractivity contribution in [1.82, 2.24) is 34.4 Å². The van der Waals surface area contributed by atoms with Crippen molar-refractivity contribution in [3.63, 3.8) is 0 Å². The number of para-hydroxylation sites is 3. The van der Waals surface area contributed by atoms with Crippen LogP contribution in [0.1, 0.15) is 86.3 Å². The van der Waals surface area contributed by atoms with Crippen molar-refractivity contribution in [3.8, 4) is 11.4 Å². The van der Waals surface area contributed by atoms with E-state index in [1.54, 1.807) is 48.5 Å². The fourth-order valence-electron chi connectivity index (χ4n) is 9.78. The van der Waals surface area contributed by atoms with Crippen molar-refractivity contribution >= 4 is 35.3 Å². The van der Waals surface area contributed by atoms with Crippen LogP contribution in [0, 0.1) is 5.41 Å². The lowest BCUT2D eigenvalue weighted by Crippen LogP contribution is -2.51. The molecule has 352 valence electrons. The van der Waals surface area contributed by atoms with Gasteiger partial charge < -0.3 is 32.3 Å². The van der Waals surface area contributed by atoms with Crippen molar-refractivity contribution in [2.24, 2.45) is 21.9 Å². The number of aliphatic imine (C=N–C) groups is 1. The second kappa shape index (κ2) is 21.4. The lowest BCUT2D eigenvalue weighted by Gasteiger charge is -2.41. The molecule has 0 spiro atoms. The van der Waals surface area contributed by atoms with Crippen LogP contribution in [-0.2, 0) is 20.9 Å². The third-order valence-electron chi connectivity index (χ3n) is 13.0. The minimum atomic E-state index is -0.967. The van der Waals surface area contributed by atoms with Gasteiger partial charge in [-0.05, 0) is 78.6 Å². The van der Waals surface area contributed by atoms with E-state index in [0.29, 0.717) is 62.4 Å². The van der Waals surface area contributed by atoms with Crippen molar-refractivity contribution < 1.29 is 19.2 Å². The lowest BCUT2D eigenvalue weighted by atomic mass is 9.78. The van der Waals surface area contributed by atoms with E-state index in [1.165, 1.54) is 9.36 Å². The van der Waals surface area contributed by atoms with E-state index in [1.807, 2.05) is 65.6 Å². The zero-order chi connectivity index (χ0) is 46.2. The van der Waals surface area contributed by atoms with Crippen molar-refractivity contribution in [1.29, 1.82) is 0 Å². The highest BCUT2D eigenvalue weighted by Crippen LogP contribution is 2.45. The molecule has 2 atom stereocenters. The van der Waals surface area contributed by atoms with Crippen LogP contribution in [0.2, 0.25) is 0 Å². The molecule has 17 nitrogen and oxygen atoms in total. The van der Waals surface area contributed by atoms with E-state index >= 15 is 0 Å². The predicted molar refractivity (Wildman–Crippen MR) is 258 cm³/mol. The van der Waals surface area contributed by atoms with Gasteiger partial charge in [-0.1, -0.05) is 93.1 Å². The van der Waals surface area contributed by atoms with Crippen molar-refractivity contribution in [2.75, 3.05) is 44.6 Å². The summed E-state index contributed by atoms with van der Waals surface area (Å²) < 4.78 is 3.67. The number of piperazine rings is 1. The largest absolute Gasteiger partial charge is 0.370 e. The van der Waals surface area contributed by atoms with Crippen LogP contribution in [-0.4, -0.2) is 98.6 Å². The quantitative estimate of drug-likeness (QED) is 0.0549. The van der Waals surface area contributed by atoms with Crippen LogP contribution in [0.5, 0.6) is 0 Å². The molecule has 1 saturated carbocycles. The van der Waals surface area contributed by atoms with Gasteiger partial charge in [0.1, 0.15) is 6.04 Å². The predicted octanol–water partition coefficient (Wildman–Crippen LogP) is 3.92. The Morgan fingerprint density at radius 1 is 0.746 bits per heavy atom. The van der Waals surface area contributed by atoms with Crippen LogP contribution in [0.3, 0.4) is 0 Å². The highest BCUT2D eigenvalue weighted by molar-refractivity contribution is 6.07. The minimum Gasteiger partial charge on any atom is -0.370 e. The Morgan fingerprint density at radius 3 is 1.96 bits per heavy atom. The molecule has 0 bridgehead atoms. The van der Waals surface area contributed by atoms with Gasteiger partial charge in [0.15, 0.2) is 5.96 Å². The van der Waals surface area contributed by atoms with Crippen molar-refractivity contribution in [2.45, 2.75) is 77.4 Å². The standard InChI is InChI=1S/C49H57N11O6.CH4/c50-46(51)53-25-13-22-40(45(64)52-26-27-58-47(65)59(34-14-3-1-4-15-34)60(48(58)66)35-16-5-2-6-17-35)54-41(61)32-49(23-11-12-24-49)33-42(62)56-28-30-57(31-29-56)43-36-18-7-8-19-37(36)44(63)55-39-21-10-9-20-38(39)43;/h1-10,14-21,40,43H,11-13,22-33H2,(H,52,64)(H,54,61)(H,55,63)(H4,50,51,53);1H4/t40-,43?;/m0./s1. The number of aromatic nitrogens is 3. The van der Waals surface area contributed by atoms with E-state index < -0.39 is 28.7 Å². The summed E-state index contributed by atoms with van der Waals surface area (Å²) in [4.78, 5) is 91.0. The normalized spacial score (nSPS) is 16.9. The molecule has 2 aliphatic heterocycles. The van der Waals surface area contributed by atoms with E-state index in [-0.39, 0.29) is 76.0 Å². The Hall–Kier alpha value is -7.27. The molecule has 67 heavy (non-hydrogen) atoms. The number of nitrogens with zero attached hydrogens (tertiary/aromatic N) is 6. The van der Waals surface area contributed by atoms with Crippen LogP contribution >= 0.6 is 0 Å². The Kier molecular flexibility index (Phi) is 15.2. The van der Waals surface area contributed by atoms with E-state index in [9.17, 15) is 28.8 Å². The minimum absolute atomic E-state index is 0. The Bertz CT molecular complexity index is 2620. The van der Waals surface area contributed by atoms with Crippen LogP contribution in [0.4, 0.5) is 5.69 Å². The Morgan fingerprint density at radius 2 is 1.33 bits per heavy atom. The van der Waals surface area contributed by atoms with Gasteiger partial charge in [0.25, 0.3) is 5.91 Å². The number of guanidine groups is 1. The monoisotopic (exact) mass is 911 g/mol. The highest BCUT2D eigenvalue weighted by Gasteiger charge is 2.41. The molecule has 3 aliphatic rings. The number of nitrogens with one attached hydrogen (secondary N) is 3. The number of amides is 4. The summed E-state index contributed by atoms with van der Waals surface area (Å²) in [5.41, 5.74) is 13.7. The van der Waals surface area contributed by atoms with E-state index in [0.717, 1.165) is 34.2 Å². The molecule has 4 amide bonds. The summed E-state index contributed by atoms with van der Waals surface area (Å²) >= 11 is 0. The molecule has 1 aromatic heterocycles. The second-order valence-electron chi connectivity index (χ2n) is 17.4. The fraction of sp³-hybridized carbons (Fsp3) is 0.380. The molecule has 5 aromatic rings. The zero-order valence-corrected chi connectivity index (χ0v) is 36.9. The molecule has 3 heterocycles. The molecular weight excluding hydrogens is 851 g/mol. The van der Waals surface area contributed by atoms with Crippen LogP contribution < -0.4 is 38.8 Å². The average molecular weight is 912 g/mol. The van der Waals surface area contributed by atoms with Gasteiger partial charge in [0.2, 0.25) is 17.7 Å². The fourth-order valence-corrected chi connectivity index (χ4v) is 9.78. The number of rotatable bonds is 16. The highest BCUT2D eigenvalue weighted by atomic mass is 16.2. The molecule has 8 rings (SSSR count). The summed E-state index contributed by atoms with van der Waals surface area (Å²) in [6.07, 6.45) is 4.10. The van der Waals surface area contributed by atoms with E-state index in [4.69, 9.17) is 11.5 Å². The first-order valence-corrected chi connectivity index (χ1v) is 22.7. The van der Waals surface area contributed by atoms with Gasteiger partial charge in [0, 0.05) is 69.9 Å². The zero-order valence-electron chi connectivity index (χ0n) is 36.9. The second-order valence-corrected chi connectivity index (χ2v) is 17.4. The van der Waals surface area contributed by atoms with Gasteiger partial charge in [-0.2, -0.15) is 9.36 Å². The summed E-state index contributed by atoms with van der Waals surface area (Å²) in [5, 5.41) is 8.85. The maximum absolute atomic E-state index is 14.1. The molecule has 1 aliphatic carbocycles. The Balaban J connectivity index is 0.00000666. The van der Waals surface area contributed by atoms with Gasteiger partial charge in [-0.25, -0.2) is 14.2 Å². The molecule has 4 aromatic carbocycles. The molecular formula is C50H61N11O6. The number of benzene rings is 4. The van der Waals surface area contributed by atoms with Gasteiger partial charge in [-0.15, -0.1) is 0 Å². The molecule has 2 fully saturated rings. The van der Waals surface area contributed by atoms with Crippen molar-refractivity contribution in [3.05, 3.63) is 147 Å². The maximum atomic E-state index is 14.1. The first-order chi connectivity index (χ1) is 32.0. The smallest absolute Gasteiger partial charge is 0.352 e. The summed E-state index contributed by atoms with van der Waals surface area (Å²) in [6, 6.07) is 32.1. The van der Waals surface area contributed by atoms with Gasteiger partial charge >= 0.3 is 11.4 Å². The lowest BCUT2D eigenvalue weighted by molar-refractivity contribution is -0.137. The number of anilines is 1. The van der Waals surface area contributed by atoms with Gasteiger partial charge in [0.05, 0.1) is 17.4 Å². The summed E-state index contributed by atoms with van der Waals surface area (Å²) in [7, 11) is 0. The Labute approximate surface area is 389 Å². The molecule has 17 heteroatoms. The first kappa shape index (κ1) is 47.7.